The topological polar surface area (TPSA) is 60.5 Å². The van der Waals surface area contributed by atoms with E-state index in [1.54, 1.807) is 12.1 Å². The molecule has 0 spiro atoms. The highest BCUT2D eigenvalue weighted by atomic mass is 19.4. The molecule has 0 saturated heterocycles. The number of carbonyl (C=O) groups excluding carboxylic acids is 1. The lowest BCUT2D eigenvalue weighted by Gasteiger charge is -2.09. The average molecular weight is 340 g/mol. The van der Waals surface area contributed by atoms with Gasteiger partial charge in [-0.15, -0.1) is 0 Å². The lowest BCUT2D eigenvalue weighted by atomic mass is 10.2. The van der Waals surface area contributed by atoms with Crippen LogP contribution in [0.4, 0.5) is 18.9 Å². The third-order valence-corrected chi connectivity index (χ3v) is 2.76. The van der Waals surface area contributed by atoms with Crippen molar-refractivity contribution in [2.24, 2.45) is 0 Å². The number of aryl methyl sites for hydroxylation is 1. The maximum atomic E-state index is 11.9. The normalized spacial score (nSPS) is 11.2. The van der Waals surface area contributed by atoms with Gasteiger partial charge in [-0.3, -0.25) is 4.79 Å². The number of benzene rings is 1. The third-order valence-electron chi connectivity index (χ3n) is 2.76. The Kier molecular flexibility index (Phi) is 5.75. The predicted molar refractivity (Wildman–Crippen MR) is 81.0 cm³/mol. The highest BCUT2D eigenvalue weighted by molar-refractivity contribution is 5.91. The van der Waals surface area contributed by atoms with Crippen molar-refractivity contribution in [3.8, 4) is 11.6 Å². The molecule has 1 N–H and O–H groups in total. The highest BCUT2D eigenvalue weighted by Gasteiger charge is 2.27. The number of nitrogens with one attached hydrogen (secondary N) is 1. The summed E-state index contributed by atoms with van der Waals surface area (Å²) in [6, 6.07) is 10.4. The van der Waals surface area contributed by atoms with Crippen LogP contribution in [0, 0.1) is 6.92 Å². The Morgan fingerprint density at radius 2 is 1.88 bits per heavy atom. The fourth-order valence-electron chi connectivity index (χ4n) is 1.70. The number of hydrogen-bond acceptors (Lipinski definition) is 4. The lowest BCUT2D eigenvalue weighted by Crippen LogP contribution is -2.24. The van der Waals surface area contributed by atoms with Gasteiger partial charge in [0.05, 0.1) is 11.9 Å². The van der Waals surface area contributed by atoms with Gasteiger partial charge in [-0.2, -0.15) is 13.2 Å². The van der Waals surface area contributed by atoms with E-state index in [1.165, 1.54) is 18.3 Å². The Morgan fingerprint density at radius 3 is 2.46 bits per heavy atom. The van der Waals surface area contributed by atoms with Crippen LogP contribution in [0.1, 0.15) is 5.56 Å². The second-order valence-electron chi connectivity index (χ2n) is 4.96. The summed E-state index contributed by atoms with van der Waals surface area (Å²) < 4.78 is 45.5. The van der Waals surface area contributed by atoms with Gasteiger partial charge >= 0.3 is 6.18 Å². The van der Waals surface area contributed by atoms with E-state index in [0.717, 1.165) is 5.56 Å². The van der Waals surface area contributed by atoms with Crippen LogP contribution >= 0.6 is 0 Å². The molecule has 0 unspecified atom stereocenters. The quantitative estimate of drug-likeness (QED) is 0.871. The second-order valence-corrected chi connectivity index (χ2v) is 4.96. The molecule has 0 atom stereocenters. The van der Waals surface area contributed by atoms with Gasteiger partial charge in [-0.25, -0.2) is 4.98 Å². The molecule has 1 aromatic carbocycles. The second kappa shape index (κ2) is 7.78. The first-order chi connectivity index (χ1) is 11.3. The zero-order valence-corrected chi connectivity index (χ0v) is 12.8. The monoisotopic (exact) mass is 340 g/mol. The first-order valence-electron chi connectivity index (χ1n) is 6.97. The molecule has 2 aromatic rings. The molecule has 0 radical (unpaired) electrons. The molecule has 1 amide bonds. The van der Waals surface area contributed by atoms with E-state index in [0.29, 0.717) is 17.3 Å². The summed E-state index contributed by atoms with van der Waals surface area (Å²) in [5.41, 5.74) is 1.42. The van der Waals surface area contributed by atoms with Gasteiger partial charge in [0.1, 0.15) is 19.0 Å². The molecule has 1 aromatic heterocycles. The third kappa shape index (κ3) is 6.25. The molecule has 24 heavy (non-hydrogen) atoms. The summed E-state index contributed by atoms with van der Waals surface area (Å²) in [5.74, 6) is 0.240. The Labute approximate surface area is 136 Å². The minimum atomic E-state index is -4.46. The molecule has 128 valence electrons. The molecule has 0 aliphatic carbocycles. The summed E-state index contributed by atoms with van der Waals surface area (Å²) in [4.78, 5) is 15.5. The summed E-state index contributed by atoms with van der Waals surface area (Å²) in [6.45, 7) is -0.207. The predicted octanol–water partition coefficient (Wildman–Crippen LogP) is 3.70. The minimum Gasteiger partial charge on any atom is -0.439 e. The maximum absolute atomic E-state index is 11.9. The van der Waals surface area contributed by atoms with Crippen LogP contribution in [0.5, 0.6) is 11.6 Å². The minimum absolute atomic E-state index is 0.324. The molecule has 0 saturated carbocycles. The Balaban J connectivity index is 1.83. The van der Waals surface area contributed by atoms with E-state index < -0.39 is 25.3 Å². The van der Waals surface area contributed by atoms with Crippen LogP contribution in [0.15, 0.2) is 42.6 Å². The smallest absolute Gasteiger partial charge is 0.411 e. The molecule has 0 fully saturated rings. The van der Waals surface area contributed by atoms with Crippen LogP contribution in [-0.2, 0) is 9.53 Å². The van der Waals surface area contributed by atoms with Crippen molar-refractivity contribution in [2.75, 3.05) is 18.5 Å². The van der Waals surface area contributed by atoms with Crippen LogP contribution in [0.25, 0.3) is 0 Å². The van der Waals surface area contributed by atoms with Crippen LogP contribution in [0.3, 0.4) is 0 Å². The van der Waals surface area contributed by atoms with Crippen molar-refractivity contribution >= 4 is 11.6 Å². The molecular weight excluding hydrogens is 325 g/mol. The van der Waals surface area contributed by atoms with Crippen molar-refractivity contribution in [3.05, 3.63) is 48.2 Å². The fourth-order valence-corrected chi connectivity index (χ4v) is 1.70. The van der Waals surface area contributed by atoms with Gasteiger partial charge in [0.15, 0.2) is 0 Å². The molecule has 1 heterocycles. The standard InChI is InChI=1S/C16H15F3N2O3/c1-11-2-5-13(6-3-11)24-15-7-4-12(8-20-15)21-14(22)9-23-10-16(17,18)19/h2-8H,9-10H2,1H3,(H,21,22). The number of halogens is 3. The number of alkyl halides is 3. The van der Waals surface area contributed by atoms with Gasteiger partial charge < -0.3 is 14.8 Å². The van der Waals surface area contributed by atoms with Crippen molar-refractivity contribution in [1.82, 2.24) is 4.98 Å². The van der Waals surface area contributed by atoms with Crippen LogP contribution < -0.4 is 10.1 Å². The highest BCUT2D eigenvalue weighted by Crippen LogP contribution is 2.20. The molecule has 5 nitrogen and oxygen atoms in total. The maximum Gasteiger partial charge on any atom is 0.411 e. The SMILES string of the molecule is Cc1ccc(Oc2ccc(NC(=O)COCC(F)(F)F)cn2)cc1. The lowest BCUT2D eigenvalue weighted by molar-refractivity contribution is -0.174. The molecule has 0 aliphatic rings. The van der Waals surface area contributed by atoms with Gasteiger partial charge in [-0.1, -0.05) is 17.7 Å². The number of nitrogens with zero attached hydrogens (tertiary/aromatic N) is 1. The molecule has 2 rings (SSSR count). The van der Waals surface area contributed by atoms with Crippen molar-refractivity contribution in [2.45, 2.75) is 13.1 Å². The number of amides is 1. The van der Waals surface area contributed by atoms with Crippen LogP contribution in [-0.4, -0.2) is 30.3 Å². The first kappa shape index (κ1) is 17.7. The Morgan fingerprint density at radius 1 is 1.17 bits per heavy atom. The zero-order chi connectivity index (χ0) is 17.6. The fraction of sp³-hybridized carbons (Fsp3) is 0.250. The first-order valence-corrected chi connectivity index (χ1v) is 6.97. The summed E-state index contributed by atoms with van der Waals surface area (Å²) in [5, 5.41) is 2.38. The van der Waals surface area contributed by atoms with Crippen molar-refractivity contribution < 1.29 is 27.4 Å². The molecule has 0 bridgehead atoms. The van der Waals surface area contributed by atoms with E-state index in [-0.39, 0.29) is 0 Å². The van der Waals surface area contributed by atoms with Crippen molar-refractivity contribution in [1.29, 1.82) is 0 Å². The average Bonchev–Trinajstić information content (AvgIpc) is 2.50. The van der Waals surface area contributed by atoms with Gasteiger partial charge in [0.2, 0.25) is 11.8 Å². The van der Waals surface area contributed by atoms with Crippen molar-refractivity contribution in [3.63, 3.8) is 0 Å². The number of anilines is 1. The summed E-state index contributed by atoms with van der Waals surface area (Å²) >= 11 is 0. The van der Waals surface area contributed by atoms with E-state index in [2.05, 4.69) is 15.0 Å². The molecule has 0 aliphatic heterocycles. The number of hydrogen-bond donors (Lipinski definition) is 1. The van der Waals surface area contributed by atoms with E-state index in [9.17, 15) is 18.0 Å². The number of pyridine rings is 1. The van der Waals surface area contributed by atoms with E-state index in [1.807, 2.05) is 19.1 Å². The van der Waals surface area contributed by atoms with Gasteiger partial charge in [-0.05, 0) is 25.1 Å². The number of carbonyl (C=O) groups is 1. The largest absolute Gasteiger partial charge is 0.439 e. The number of aromatic nitrogens is 1. The molecular formula is C16H15F3N2O3. The molecule has 8 heteroatoms. The van der Waals surface area contributed by atoms with Gasteiger partial charge in [0, 0.05) is 6.07 Å². The van der Waals surface area contributed by atoms with E-state index >= 15 is 0 Å². The van der Waals surface area contributed by atoms with Crippen LogP contribution in [0.2, 0.25) is 0 Å². The number of ether oxygens (including phenoxy) is 2. The Hall–Kier alpha value is -2.61. The summed E-state index contributed by atoms with van der Waals surface area (Å²) in [6.07, 6.45) is -3.12. The van der Waals surface area contributed by atoms with Gasteiger partial charge in [0.25, 0.3) is 0 Å². The number of rotatable bonds is 6. The van der Waals surface area contributed by atoms with E-state index in [4.69, 9.17) is 4.74 Å². The zero-order valence-electron chi connectivity index (χ0n) is 12.8. The summed E-state index contributed by atoms with van der Waals surface area (Å²) in [7, 11) is 0. The Bertz CT molecular complexity index is 670.